The highest BCUT2D eigenvalue weighted by Crippen LogP contribution is 2.21. The van der Waals surface area contributed by atoms with Gasteiger partial charge in [-0.3, -0.25) is 4.79 Å². The van der Waals surface area contributed by atoms with E-state index >= 15 is 0 Å². The number of carboxylic acids is 1. The summed E-state index contributed by atoms with van der Waals surface area (Å²) in [5, 5.41) is 20.1. The molecule has 5 nitrogen and oxygen atoms in total. The zero-order valence-corrected chi connectivity index (χ0v) is 7.52. The summed E-state index contributed by atoms with van der Waals surface area (Å²) in [7, 11) is 0. The van der Waals surface area contributed by atoms with Gasteiger partial charge in [0.1, 0.15) is 11.3 Å². The van der Waals surface area contributed by atoms with E-state index in [-0.39, 0.29) is 11.3 Å². The molecule has 0 fully saturated rings. The second-order valence-electron chi connectivity index (χ2n) is 2.64. The van der Waals surface area contributed by atoms with Crippen LogP contribution < -0.4 is 5.32 Å². The highest BCUT2D eigenvalue weighted by Gasteiger charge is 2.09. The molecule has 0 atom stereocenters. The first-order chi connectivity index (χ1) is 7.04. The van der Waals surface area contributed by atoms with Crippen molar-refractivity contribution in [2.75, 3.05) is 5.32 Å². The molecule has 5 heteroatoms. The summed E-state index contributed by atoms with van der Waals surface area (Å²) in [6.07, 6.45) is 4.82. The molecule has 0 bridgehead atoms. The molecule has 1 aromatic carbocycles. The summed E-state index contributed by atoms with van der Waals surface area (Å²) in [5.74, 6) is -0.528. The number of rotatable bonds is 2. The van der Waals surface area contributed by atoms with Crippen molar-refractivity contribution in [3.05, 3.63) is 23.8 Å². The molecule has 0 saturated heterocycles. The summed E-state index contributed by atoms with van der Waals surface area (Å²) in [4.78, 5) is 21.3. The fourth-order valence-electron chi connectivity index (χ4n) is 0.957. The molecule has 0 spiro atoms. The Morgan fingerprint density at radius 2 is 2.07 bits per heavy atom. The minimum absolute atomic E-state index is 0.237. The van der Waals surface area contributed by atoms with Crippen molar-refractivity contribution in [2.45, 2.75) is 0 Å². The van der Waals surface area contributed by atoms with Crippen LogP contribution in [0, 0.1) is 12.3 Å². The predicted octanol–water partition coefficient (Wildman–Crippen LogP) is 0.662. The summed E-state index contributed by atoms with van der Waals surface area (Å²) < 4.78 is 0. The van der Waals surface area contributed by atoms with Gasteiger partial charge in [-0.2, -0.15) is 0 Å². The third kappa shape index (κ3) is 2.48. The molecule has 0 aromatic heterocycles. The first-order valence-corrected chi connectivity index (χ1v) is 3.88. The van der Waals surface area contributed by atoms with Crippen molar-refractivity contribution in [1.29, 1.82) is 0 Å². The zero-order valence-electron chi connectivity index (χ0n) is 7.52. The first-order valence-electron chi connectivity index (χ1n) is 3.88. The summed E-state index contributed by atoms with van der Waals surface area (Å²) in [6, 6.07) is 3.61. The monoisotopic (exact) mass is 205 g/mol. The van der Waals surface area contributed by atoms with Crippen LogP contribution in [0.5, 0.6) is 5.75 Å². The van der Waals surface area contributed by atoms with Crippen molar-refractivity contribution < 1.29 is 19.8 Å². The normalized spacial score (nSPS) is 9.00. The van der Waals surface area contributed by atoms with E-state index in [0.29, 0.717) is 0 Å². The van der Waals surface area contributed by atoms with Crippen molar-refractivity contribution in [2.24, 2.45) is 0 Å². The average molecular weight is 205 g/mol. The molecular weight excluding hydrogens is 198 g/mol. The first kappa shape index (κ1) is 10.6. The molecule has 0 unspecified atom stereocenters. The highest BCUT2D eigenvalue weighted by atomic mass is 16.4. The van der Waals surface area contributed by atoms with E-state index < -0.39 is 17.6 Å². The number of carbonyl (C=O) groups is 2. The maximum absolute atomic E-state index is 10.8. The quantitative estimate of drug-likeness (QED) is 0.619. The smallest absolute Gasteiger partial charge is 0.339 e. The molecule has 1 rings (SSSR count). The molecule has 15 heavy (non-hydrogen) atoms. The number of benzene rings is 1. The van der Waals surface area contributed by atoms with Crippen LogP contribution >= 0.6 is 0 Å². The highest BCUT2D eigenvalue weighted by molar-refractivity contribution is 6.04. The second kappa shape index (κ2) is 4.15. The molecule has 0 aliphatic heterocycles. The number of anilines is 1. The van der Waals surface area contributed by atoms with Gasteiger partial charge < -0.3 is 15.5 Å². The minimum Gasteiger partial charge on any atom is -0.507 e. The zero-order chi connectivity index (χ0) is 11.4. The van der Waals surface area contributed by atoms with E-state index in [1.807, 2.05) is 5.92 Å². The Labute approximate surface area is 85.4 Å². The Hall–Kier alpha value is -2.48. The number of hydrogen-bond donors (Lipinski definition) is 3. The summed E-state index contributed by atoms with van der Waals surface area (Å²) in [6.45, 7) is 0. The van der Waals surface area contributed by atoms with Gasteiger partial charge in [-0.05, 0) is 18.1 Å². The van der Waals surface area contributed by atoms with Crippen LogP contribution in [-0.2, 0) is 4.79 Å². The topological polar surface area (TPSA) is 86.6 Å². The SMILES string of the molecule is C#CC(=O)Nc1ccc(C(=O)O)c(O)c1. The molecule has 0 aliphatic rings. The molecular formula is C10H7NO4. The number of nitrogens with one attached hydrogen (secondary N) is 1. The Bertz CT molecular complexity index is 459. The van der Waals surface area contributed by atoms with Crippen LogP contribution in [0.4, 0.5) is 5.69 Å². The van der Waals surface area contributed by atoms with Crippen molar-refractivity contribution in [1.82, 2.24) is 0 Å². The van der Waals surface area contributed by atoms with Gasteiger partial charge in [0, 0.05) is 11.8 Å². The Balaban J connectivity index is 2.98. The van der Waals surface area contributed by atoms with Gasteiger partial charge in [-0.1, -0.05) is 0 Å². The lowest BCUT2D eigenvalue weighted by Crippen LogP contribution is -2.08. The lowest BCUT2D eigenvalue weighted by Gasteiger charge is -2.03. The Kier molecular flexibility index (Phi) is 2.94. The number of aromatic carboxylic acids is 1. The standard InChI is InChI=1S/C10H7NO4/c1-2-9(13)11-6-3-4-7(10(14)15)8(12)5-6/h1,3-5,12H,(H,11,13)(H,14,15). The number of carbonyl (C=O) groups excluding carboxylic acids is 1. The molecule has 0 aliphatic carbocycles. The number of amides is 1. The van der Waals surface area contributed by atoms with Crippen LogP contribution in [-0.4, -0.2) is 22.1 Å². The fourth-order valence-corrected chi connectivity index (χ4v) is 0.957. The van der Waals surface area contributed by atoms with Crippen LogP contribution in [0.3, 0.4) is 0 Å². The summed E-state index contributed by atoms with van der Waals surface area (Å²) >= 11 is 0. The number of terminal acetylenes is 1. The molecule has 0 radical (unpaired) electrons. The van der Waals surface area contributed by atoms with Gasteiger partial charge in [0.25, 0.3) is 5.91 Å². The lowest BCUT2D eigenvalue weighted by atomic mass is 10.2. The third-order valence-corrected chi connectivity index (χ3v) is 1.62. The van der Waals surface area contributed by atoms with Crippen molar-refractivity contribution in [3.63, 3.8) is 0 Å². The molecule has 76 valence electrons. The van der Waals surface area contributed by atoms with E-state index in [9.17, 15) is 14.7 Å². The van der Waals surface area contributed by atoms with E-state index in [4.69, 9.17) is 11.5 Å². The van der Waals surface area contributed by atoms with Gasteiger partial charge in [-0.15, -0.1) is 6.42 Å². The fraction of sp³-hybridized carbons (Fsp3) is 0. The Morgan fingerprint density at radius 1 is 1.40 bits per heavy atom. The van der Waals surface area contributed by atoms with Gasteiger partial charge in [0.15, 0.2) is 0 Å². The number of hydrogen-bond acceptors (Lipinski definition) is 3. The minimum atomic E-state index is -1.25. The molecule has 1 amide bonds. The maximum atomic E-state index is 10.8. The van der Waals surface area contributed by atoms with Crippen LogP contribution in [0.15, 0.2) is 18.2 Å². The van der Waals surface area contributed by atoms with E-state index in [0.717, 1.165) is 6.07 Å². The van der Waals surface area contributed by atoms with Crippen molar-refractivity contribution >= 4 is 17.6 Å². The number of aromatic hydroxyl groups is 1. The average Bonchev–Trinajstić information content (AvgIpc) is 2.17. The third-order valence-electron chi connectivity index (χ3n) is 1.62. The molecule has 1 aromatic rings. The van der Waals surface area contributed by atoms with Crippen molar-refractivity contribution in [3.8, 4) is 18.1 Å². The predicted molar refractivity (Wildman–Crippen MR) is 52.5 cm³/mol. The van der Waals surface area contributed by atoms with E-state index in [2.05, 4.69) is 5.32 Å². The number of phenols is 1. The van der Waals surface area contributed by atoms with Gasteiger partial charge >= 0.3 is 5.97 Å². The van der Waals surface area contributed by atoms with E-state index in [1.165, 1.54) is 12.1 Å². The van der Waals surface area contributed by atoms with Gasteiger partial charge in [0.05, 0.1) is 0 Å². The molecule has 3 N–H and O–H groups in total. The van der Waals surface area contributed by atoms with Gasteiger partial charge in [0.2, 0.25) is 0 Å². The Morgan fingerprint density at radius 3 is 2.53 bits per heavy atom. The molecule has 0 heterocycles. The lowest BCUT2D eigenvalue weighted by molar-refractivity contribution is -0.111. The second-order valence-corrected chi connectivity index (χ2v) is 2.64. The van der Waals surface area contributed by atoms with Gasteiger partial charge in [-0.25, -0.2) is 4.79 Å². The van der Waals surface area contributed by atoms with E-state index in [1.54, 1.807) is 0 Å². The number of carboxylic acid groups (broad SMARTS) is 1. The largest absolute Gasteiger partial charge is 0.507 e. The maximum Gasteiger partial charge on any atom is 0.339 e. The summed E-state index contributed by atoms with van der Waals surface area (Å²) in [5.41, 5.74) is -0.00541. The van der Waals surface area contributed by atoms with Crippen LogP contribution in [0.2, 0.25) is 0 Å². The van der Waals surface area contributed by atoms with Crippen LogP contribution in [0.25, 0.3) is 0 Å². The molecule has 0 saturated carbocycles. The van der Waals surface area contributed by atoms with Crippen LogP contribution in [0.1, 0.15) is 10.4 Å².